The van der Waals surface area contributed by atoms with Gasteiger partial charge in [0.15, 0.2) is 0 Å². The number of unbranched alkanes of at least 4 members (excludes halogenated alkanes) is 1. The van der Waals surface area contributed by atoms with E-state index in [0.29, 0.717) is 25.9 Å². The van der Waals surface area contributed by atoms with Crippen LogP contribution in [0.2, 0.25) is 0 Å². The summed E-state index contributed by atoms with van der Waals surface area (Å²) >= 11 is 0. The van der Waals surface area contributed by atoms with Gasteiger partial charge in [0, 0.05) is 18.7 Å². The van der Waals surface area contributed by atoms with Gasteiger partial charge < -0.3 is 15.2 Å². The second-order valence-corrected chi connectivity index (χ2v) is 8.39. The monoisotopic (exact) mass is 398 g/mol. The molecule has 0 spiro atoms. The van der Waals surface area contributed by atoms with Crippen molar-refractivity contribution in [3.05, 3.63) is 23.8 Å². The maximum Gasteiger partial charge on any atom is 0.326 e. The number of carbonyl (C=O) groups is 2. The number of amides is 1. The Morgan fingerprint density at radius 1 is 1.30 bits per heavy atom. The lowest BCUT2D eigenvalue weighted by Crippen LogP contribution is -2.40. The minimum absolute atomic E-state index is 0.0799. The number of carboxylic acids is 1. The van der Waals surface area contributed by atoms with Gasteiger partial charge in [0.25, 0.3) is 5.91 Å². The summed E-state index contributed by atoms with van der Waals surface area (Å²) in [6, 6.07) is 3.08. The van der Waals surface area contributed by atoms with Gasteiger partial charge in [-0.15, -0.1) is 0 Å². The van der Waals surface area contributed by atoms with Crippen LogP contribution in [0.25, 0.3) is 0 Å². The molecule has 1 fully saturated rings. The summed E-state index contributed by atoms with van der Waals surface area (Å²) in [7, 11) is -2.42. The SMILES string of the molecule is CCCCC(NC(=O)c1ccc(OC)c(S(=O)(=O)N2CCCC2)c1)C(=O)O. The number of hydrogen-bond donors (Lipinski definition) is 2. The lowest BCUT2D eigenvalue weighted by Gasteiger charge is -2.19. The van der Waals surface area contributed by atoms with Gasteiger partial charge in [0.2, 0.25) is 10.0 Å². The molecule has 0 bridgehead atoms. The topological polar surface area (TPSA) is 113 Å². The summed E-state index contributed by atoms with van der Waals surface area (Å²) in [6.07, 6.45) is 3.36. The number of methoxy groups -OCH3 is 1. The molecule has 1 aromatic rings. The number of aliphatic carboxylic acids is 1. The second-order valence-electron chi connectivity index (χ2n) is 6.48. The highest BCUT2D eigenvalue weighted by molar-refractivity contribution is 7.89. The van der Waals surface area contributed by atoms with Crippen molar-refractivity contribution in [2.75, 3.05) is 20.2 Å². The Bertz CT molecular complexity index is 787. The van der Waals surface area contributed by atoms with Gasteiger partial charge in [0.05, 0.1) is 7.11 Å². The van der Waals surface area contributed by atoms with Gasteiger partial charge in [0.1, 0.15) is 16.7 Å². The first-order valence-electron chi connectivity index (χ1n) is 9.03. The van der Waals surface area contributed by atoms with Crippen molar-refractivity contribution < 1.29 is 27.9 Å². The van der Waals surface area contributed by atoms with E-state index in [1.165, 1.54) is 29.6 Å². The molecule has 0 saturated carbocycles. The molecule has 1 atom stereocenters. The van der Waals surface area contributed by atoms with Crippen LogP contribution >= 0.6 is 0 Å². The molecule has 0 aromatic heterocycles. The molecule has 0 radical (unpaired) electrons. The highest BCUT2D eigenvalue weighted by Gasteiger charge is 2.31. The van der Waals surface area contributed by atoms with Crippen LogP contribution in [0.3, 0.4) is 0 Å². The van der Waals surface area contributed by atoms with Crippen molar-refractivity contribution in [2.45, 2.75) is 50.0 Å². The maximum atomic E-state index is 12.9. The number of nitrogens with zero attached hydrogens (tertiary/aromatic N) is 1. The molecule has 1 aromatic carbocycles. The van der Waals surface area contributed by atoms with E-state index in [1.807, 2.05) is 6.92 Å². The molecule has 1 heterocycles. The van der Waals surface area contributed by atoms with Crippen LogP contribution < -0.4 is 10.1 Å². The Kier molecular flexibility index (Phi) is 7.20. The minimum atomic E-state index is -3.78. The van der Waals surface area contributed by atoms with Crippen molar-refractivity contribution in [1.82, 2.24) is 9.62 Å². The van der Waals surface area contributed by atoms with E-state index >= 15 is 0 Å². The third-order valence-electron chi connectivity index (χ3n) is 4.56. The average molecular weight is 398 g/mol. The van der Waals surface area contributed by atoms with Crippen molar-refractivity contribution >= 4 is 21.9 Å². The zero-order chi connectivity index (χ0) is 20.0. The van der Waals surface area contributed by atoms with Crippen LogP contribution in [0.15, 0.2) is 23.1 Å². The summed E-state index contributed by atoms with van der Waals surface area (Å²) in [5.74, 6) is -1.59. The number of benzene rings is 1. The molecule has 2 rings (SSSR count). The van der Waals surface area contributed by atoms with Crippen molar-refractivity contribution in [1.29, 1.82) is 0 Å². The predicted molar refractivity (Wildman–Crippen MR) is 99.4 cm³/mol. The van der Waals surface area contributed by atoms with E-state index in [-0.39, 0.29) is 16.2 Å². The molecule has 1 aliphatic rings. The number of carbonyl (C=O) groups excluding carboxylic acids is 1. The fourth-order valence-corrected chi connectivity index (χ4v) is 4.69. The molecule has 1 saturated heterocycles. The largest absolute Gasteiger partial charge is 0.495 e. The molecule has 1 unspecified atom stereocenters. The standard InChI is InChI=1S/C18H26N2O6S/c1-3-4-7-14(18(22)23)19-17(21)13-8-9-15(26-2)16(12-13)27(24,25)20-10-5-6-11-20/h8-9,12,14H,3-7,10-11H2,1-2H3,(H,19,21)(H,22,23). The molecule has 27 heavy (non-hydrogen) atoms. The van der Waals surface area contributed by atoms with Gasteiger partial charge in [-0.3, -0.25) is 4.79 Å². The lowest BCUT2D eigenvalue weighted by atomic mass is 10.1. The summed E-state index contributed by atoms with van der Waals surface area (Å²) in [5, 5.41) is 11.7. The van der Waals surface area contributed by atoms with E-state index in [4.69, 9.17) is 4.74 Å². The normalized spacial score (nSPS) is 16.1. The lowest BCUT2D eigenvalue weighted by molar-refractivity contribution is -0.139. The van der Waals surface area contributed by atoms with E-state index in [0.717, 1.165) is 19.3 Å². The number of rotatable bonds is 9. The summed E-state index contributed by atoms with van der Waals surface area (Å²) < 4.78 is 32.3. The molecule has 2 N–H and O–H groups in total. The highest BCUT2D eigenvalue weighted by atomic mass is 32.2. The van der Waals surface area contributed by atoms with Gasteiger partial charge in [-0.2, -0.15) is 4.31 Å². The Labute approximate surface area is 159 Å². The first kappa shape index (κ1) is 21.2. The molecular weight excluding hydrogens is 372 g/mol. The second kappa shape index (κ2) is 9.18. The van der Waals surface area contributed by atoms with Crippen LogP contribution in [-0.4, -0.2) is 55.9 Å². The highest BCUT2D eigenvalue weighted by Crippen LogP contribution is 2.29. The average Bonchev–Trinajstić information content (AvgIpc) is 3.19. The Balaban J connectivity index is 2.30. The van der Waals surface area contributed by atoms with Crippen LogP contribution in [0.5, 0.6) is 5.75 Å². The quantitative estimate of drug-likeness (QED) is 0.656. The minimum Gasteiger partial charge on any atom is -0.495 e. The summed E-state index contributed by atoms with van der Waals surface area (Å²) in [6.45, 7) is 2.79. The van der Waals surface area contributed by atoms with Gasteiger partial charge in [-0.1, -0.05) is 19.8 Å². The van der Waals surface area contributed by atoms with Gasteiger partial charge in [-0.05, 0) is 37.5 Å². The Morgan fingerprint density at radius 2 is 1.96 bits per heavy atom. The fourth-order valence-electron chi connectivity index (χ4n) is 2.99. The molecule has 1 amide bonds. The maximum absolute atomic E-state index is 12.9. The van der Waals surface area contributed by atoms with Gasteiger partial charge >= 0.3 is 5.97 Å². The number of nitrogens with one attached hydrogen (secondary N) is 1. The Hall–Kier alpha value is -2.13. The van der Waals surface area contributed by atoms with Crippen LogP contribution in [0.4, 0.5) is 0 Å². The van der Waals surface area contributed by atoms with Crippen molar-refractivity contribution in [2.24, 2.45) is 0 Å². The molecule has 1 aliphatic heterocycles. The number of ether oxygens (including phenoxy) is 1. The summed E-state index contributed by atoms with van der Waals surface area (Å²) in [5.41, 5.74) is 0.0799. The van der Waals surface area contributed by atoms with Crippen LogP contribution in [0.1, 0.15) is 49.4 Å². The van der Waals surface area contributed by atoms with E-state index < -0.39 is 27.9 Å². The first-order valence-corrected chi connectivity index (χ1v) is 10.5. The fraction of sp³-hybridized carbons (Fsp3) is 0.556. The zero-order valence-electron chi connectivity index (χ0n) is 15.6. The molecule has 9 heteroatoms. The first-order chi connectivity index (χ1) is 12.8. The number of sulfonamides is 1. The third-order valence-corrected chi connectivity index (χ3v) is 6.48. The third kappa shape index (κ3) is 4.98. The molecule has 8 nitrogen and oxygen atoms in total. The van der Waals surface area contributed by atoms with Crippen molar-refractivity contribution in [3.63, 3.8) is 0 Å². The zero-order valence-corrected chi connectivity index (χ0v) is 16.4. The molecular formula is C18H26N2O6S. The predicted octanol–water partition coefficient (Wildman–Crippen LogP) is 1.85. The van der Waals surface area contributed by atoms with Crippen molar-refractivity contribution in [3.8, 4) is 5.75 Å². The van der Waals surface area contributed by atoms with E-state index in [1.54, 1.807) is 0 Å². The van der Waals surface area contributed by atoms with Gasteiger partial charge in [-0.25, -0.2) is 13.2 Å². The molecule has 0 aliphatic carbocycles. The number of carboxylic acid groups (broad SMARTS) is 1. The Morgan fingerprint density at radius 3 is 2.52 bits per heavy atom. The molecule has 150 valence electrons. The smallest absolute Gasteiger partial charge is 0.326 e. The van der Waals surface area contributed by atoms with E-state index in [2.05, 4.69) is 5.32 Å². The number of hydrogen-bond acceptors (Lipinski definition) is 5. The summed E-state index contributed by atoms with van der Waals surface area (Å²) in [4.78, 5) is 23.8. The van der Waals surface area contributed by atoms with Crippen LogP contribution in [-0.2, 0) is 14.8 Å². The van der Waals surface area contributed by atoms with E-state index in [9.17, 15) is 23.1 Å². The van der Waals surface area contributed by atoms with Crippen LogP contribution in [0, 0.1) is 0 Å².